The van der Waals surface area contributed by atoms with E-state index >= 15 is 0 Å². The summed E-state index contributed by atoms with van der Waals surface area (Å²) < 4.78 is 50.7. The van der Waals surface area contributed by atoms with Gasteiger partial charge in [-0.15, -0.1) is 0 Å². The molecule has 0 bridgehead atoms. The normalized spacial score (nSPS) is 17.4. The van der Waals surface area contributed by atoms with Crippen molar-refractivity contribution in [3.05, 3.63) is 80.1 Å². The number of aliphatic hydroxyl groups is 1. The molecule has 3 aliphatic rings. The molecule has 3 aromatic heterocycles. The van der Waals surface area contributed by atoms with Gasteiger partial charge in [-0.3, -0.25) is 24.0 Å². The number of halogens is 1. The first-order chi connectivity index (χ1) is 34.7. The maximum absolute atomic E-state index is 15.0. The van der Waals surface area contributed by atoms with Gasteiger partial charge in [0.25, 0.3) is 5.56 Å². The van der Waals surface area contributed by atoms with Crippen LogP contribution >= 0.6 is 0 Å². The molecule has 22 heteroatoms. The zero-order chi connectivity index (χ0) is 52.8. The largest absolute Gasteiger partial charge is 0.458 e. The molecule has 5 N–H and O–H groups in total. The van der Waals surface area contributed by atoms with E-state index < -0.39 is 68.6 Å². The summed E-state index contributed by atoms with van der Waals surface area (Å²) in [5.41, 5.74) is 0.257. The lowest BCUT2D eigenvalue weighted by atomic mass is 9.85. The first kappa shape index (κ1) is 54.1. The van der Waals surface area contributed by atoms with Crippen LogP contribution in [0, 0.1) is 30.5 Å². The Morgan fingerprint density at radius 3 is 2.41 bits per heavy atom. The Hall–Kier alpha value is -6.67. The summed E-state index contributed by atoms with van der Waals surface area (Å²) in [5.74, 6) is 2.18. The number of fused-ring (bicyclic) bond motifs is 5. The number of carbonyl (C=O) groups excluding carboxylic acids is 5. The van der Waals surface area contributed by atoms with Gasteiger partial charge < -0.3 is 45.3 Å². The number of rotatable bonds is 19. The molecule has 390 valence electrons. The predicted octanol–water partition coefficient (Wildman–Crippen LogP) is 2.19. The molecule has 1 saturated heterocycles. The van der Waals surface area contributed by atoms with Gasteiger partial charge >= 0.3 is 5.97 Å². The fourth-order valence-electron chi connectivity index (χ4n) is 9.35. The van der Waals surface area contributed by atoms with Crippen LogP contribution in [0.4, 0.5) is 4.39 Å². The third-order valence-electron chi connectivity index (χ3n) is 13.7. The number of ether oxygens (including phenoxy) is 2. The fraction of sp³-hybridized carbons (Fsp3) is 0.510. The average Bonchev–Trinajstić information content (AvgIpc) is 3.73. The smallest absolute Gasteiger partial charge is 0.343 e. The third-order valence-corrected chi connectivity index (χ3v) is 14.6. The molecule has 0 spiro atoms. The number of unbranched alkanes of at least 4 members (excludes halogenated alkanes) is 1. The van der Waals surface area contributed by atoms with Crippen molar-refractivity contribution in [2.24, 2.45) is 5.92 Å². The lowest BCUT2D eigenvalue weighted by Crippen LogP contribution is -2.66. The number of cyclic esters (lactones) is 1. The second kappa shape index (κ2) is 22.6. The summed E-state index contributed by atoms with van der Waals surface area (Å²) in [6, 6.07) is 3.73. The van der Waals surface area contributed by atoms with E-state index in [4.69, 9.17) is 14.5 Å². The van der Waals surface area contributed by atoms with E-state index in [0.717, 1.165) is 23.9 Å². The number of hydrogen-bond donors (Lipinski definition) is 5. The molecule has 4 aromatic rings. The number of piperidine rings is 1. The van der Waals surface area contributed by atoms with E-state index in [9.17, 15) is 46.7 Å². The molecule has 7 rings (SSSR count). The van der Waals surface area contributed by atoms with E-state index in [1.807, 2.05) is 6.92 Å². The molecule has 2 atom stereocenters. The van der Waals surface area contributed by atoms with Crippen LogP contribution in [0.15, 0.2) is 40.5 Å². The lowest BCUT2D eigenvalue weighted by molar-refractivity contribution is -0.172. The molecule has 4 amide bonds. The first-order valence-corrected chi connectivity index (χ1v) is 26.3. The van der Waals surface area contributed by atoms with Crippen LogP contribution in [-0.2, 0) is 68.5 Å². The van der Waals surface area contributed by atoms with Crippen molar-refractivity contribution in [2.45, 2.75) is 121 Å². The van der Waals surface area contributed by atoms with Crippen LogP contribution in [0.3, 0.4) is 0 Å². The van der Waals surface area contributed by atoms with E-state index in [1.54, 1.807) is 39.8 Å². The number of benzene rings is 1. The maximum Gasteiger partial charge on any atom is 0.343 e. The molecule has 0 saturated carbocycles. The molecule has 3 aliphatic heterocycles. The van der Waals surface area contributed by atoms with E-state index in [-0.39, 0.29) is 80.3 Å². The summed E-state index contributed by atoms with van der Waals surface area (Å²) in [7, 11) is -3.54. The van der Waals surface area contributed by atoms with Crippen molar-refractivity contribution < 1.29 is 51.4 Å². The number of pyridine rings is 2. The zero-order valence-electron chi connectivity index (χ0n) is 41.9. The Balaban J connectivity index is 0.917. The van der Waals surface area contributed by atoms with Crippen molar-refractivity contribution in [1.82, 2.24) is 45.7 Å². The number of amides is 4. The van der Waals surface area contributed by atoms with Gasteiger partial charge in [0.1, 0.15) is 30.7 Å². The summed E-state index contributed by atoms with van der Waals surface area (Å²) in [6.45, 7) is 10.1. The predicted molar refractivity (Wildman–Crippen MR) is 264 cm³/mol. The Morgan fingerprint density at radius 2 is 1.74 bits per heavy atom. The number of likely N-dealkylation sites (tertiary alicyclic amines) is 1. The number of nitrogens with zero attached hydrogens (tertiary/aromatic N) is 5. The number of nitrogens with one attached hydrogen (secondary N) is 4. The second-order valence-electron chi connectivity index (χ2n) is 19.1. The Bertz CT molecular complexity index is 3050. The van der Waals surface area contributed by atoms with Crippen LogP contribution in [0.25, 0.3) is 22.3 Å². The van der Waals surface area contributed by atoms with Gasteiger partial charge in [0, 0.05) is 73.8 Å². The van der Waals surface area contributed by atoms with Gasteiger partial charge in [-0.05, 0) is 81.2 Å². The zero-order valence-corrected chi connectivity index (χ0v) is 42.7. The highest BCUT2D eigenvalue weighted by molar-refractivity contribution is 7.90. The number of hydrogen-bond acceptors (Lipinski definition) is 15. The molecule has 20 nitrogen and oxygen atoms in total. The molecular weight excluding hydrogens is 966 g/mol. The van der Waals surface area contributed by atoms with Crippen LogP contribution < -0.4 is 26.8 Å². The Morgan fingerprint density at radius 1 is 1.01 bits per heavy atom. The molecule has 0 aliphatic carbocycles. The minimum Gasteiger partial charge on any atom is -0.458 e. The molecule has 1 fully saturated rings. The maximum atomic E-state index is 15.0. The van der Waals surface area contributed by atoms with Gasteiger partial charge in [-0.25, -0.2) is 32.6 Å². The van der Waals surface area contributed by atoms with Crippen LogP contribution in [0.1, 0.15) is 106 Å². The van der Waals surface area contributed by atoms with Gasteiger partial charge in [0.15, 0.2) is 5.60 Å². The van der Waals surface area contributed by atoms with Crippen molar-refractivity contribution in [1.29, 1.82) is 0 Å². The van der Waals surface area contributed by atoms with Crippen molar-refractivity contribution >= 4 is 50.3 Å². The van der Waals surface area contributed by atoms with Gasteiger partial charge in [-0.1, -0.05) is 39.5 Å². The number of aryl methyl sites for hydroxylation is 2. The molecule has 1 aromatic carbocycles. The third kappa shape index (κ3) is 11.9. The monoisotopic (exact) mass is 1030 g/mol. The van der Waals surface area contributed by atoms with E-state index in [1.165, 1.54) is 23.0 Å². The standard InChI is InChI=1S/C51H62FN9O11S/c1-7-51(68)37-22-40-44-35(27-61(40)46(65)36(37)28-72-48(51)67)33(34-21-31(5)38(52)23-39(34)57-44)14-12-20-71-29-56-42(63)26-53-47(66)50(16-18-60(8-2)19-17-50)59-45(64)43(30(3)4)58-41(62)15-11-9-10-13-32-24-54-49(55-25-32)73(6,69)70/h21-25,30,43,68H,7-9,11-12,14-20,26-29H2,1-6H3,(H,53,66)(H,56,63)(H,58,62)(H,59,64)/t43-,51-/m0/s1. The highest BCUT2D eigenvalue weighted by atomic mass is 32.2. The van der Waals surface area contributed by atoms with E-state index in [0.29, 0.717) is 72.2 Å². The van der Waals surface area contributed by atoms with Crippen molar-refractivity contribution in [3.63, 3.8) is 0 Å². The second-order valence-corrected chi connectivity index (χ2v) is 21.0. The molecule has 73 heavy (non-hydrogen) atoms. The van der Waals surface area contributed by atoms with Gasteiger partial charge in [0.05, 0.1) is 41.1 Å². The Labute approximate surface area is 422 Å². The minimum absolute atomic E-state index is 0.0109. The summed E-state index contributed by atoms with van der Waals surface area (Å²) in [5, 5.41) is 22.8. The van der Waals surface area contributed by atoms with E-state index in [2.05, 4.69) is 48.0 Å². The SMILES string of the molecule is CCN1CCC(NC(=O)[C@@H](NC(=O)CCCC#Cc2cnc(S(C)(=O)=O)nc2)C(C)C)(C(=O)NCC(=O)NCOCCCc2c3c(nc4cc(F)c(C)cc24)-c2cc4c(c(=O)n2C3)COC(=O)[C@]4(O)CC)CC1. The highest BCUT2D eigenvalue weighted by Crippen LogP contribution is 2.41. The highest BCUT2D eigenvalue weighted by Gasteiger charge is 2.46. The van der Waals surface area contributed by atoms with Gasteiger partial charge in [0.2, 0.25) is 38.6 Å². The number of carbonyl (C=O) groups is 5. The Kier molecular flexibility index (Phi) is 16.8. The summed E-state index contributed by atoms with van der Waals surface area (Å²) in [4.78, 5) is 95.0. The number of aromatic nitrogens is 4. The molecule has 0 unspecified atom stereocenters. The van der Waals surface area contributed by atoms with Crippen LogP contribution in [0.5, 0.6) is 0 Å². The summed E-state index contributed by atoms with van der Waals surface area (Å²) in [6.07, 6.45) is 5.85. The lowest BCUT2D eigenvalue weighted by Gasteiger charge is -2.41. The molecule has 6 heterocycles. The topological polar surface area (TPSA) is 270 Å². The van der Waals surface area contributed by atoms with Crippen molar-refractivity contribution in [2.75, 3.05) is 45.8 Å². The minimum atomic E-state index is -3.54. The summed E-state index contributed by atoms with van der Waals surface area (Å²) >= 11 is 0. The molecular formula is C51H62FN9O11S. The fourth-order valence-corrected chi connectivity index (χ4v) is 9.84. The first-order valence-electron chi connectivity index (χ1n) is 24.5. The van der Waals surface area contributed by atoms with Crippen LogP contribution in [0.2, 0.25) is 0 Å². The quantitative estimate of drug-likeness (QED) is 0.0261. The van der Waals surface area contributed by atoms with Gasteiger partial charge in [-0.2, -0.15) is 0 Å². The number of esters is 1. The average molecular weight is 1030 g/mol. The number of sulfone groups is 1. The molecule has 0 radical (unpaired) electrons. The van der Waals surface area contributed by atoms with Crippen LogP contribution in [-0.4, -0.2) is 125 Å². The van der Waals surface area contributed by atoms with Crippen molar-refractivity contribution in [3.8, 4) is 23.2 Å².